The van der Waals surface area contributed by atoms with Crippen LogP contribution in [0.4, 0.5) is 10.1 Å². The average Bonchev–Trinajstić information content (AvgIpc) is 2.27. The predicted octanol–water partition coefficient (Wildman–Crippen LogP) is 1.86. The van der Waals surface area contributed by atoms with Crippen molar-refractivity contribution < 1.29 is 19.2 Å². The summed E-state index contributed by atoms with van der Waals surface area (Å²) >= 11 is 0. The molecule has 0 radical (unpaired) electrons. The van der Waals surface area contributed by atoms with Gasteiger partial charge in [0.2, 0.25) is 0 Å². The third kappa shape index (κ3) is 3.89. The molecule has 6 heteroatoms. The van der Waals surface area contributed by atoms with E-state index in [0.717, 1.165) is 6.07 Å². The Morgan fingerprint density at radius 3 is 2.67 bits per heavy atom. The SMILES string of the molecule is CC(=O)C(CCO)Cc1cc(F)cc([N+](=O)[O-])c1. The highest BCUT2D eigenvalue weighted by Gasteiger charge is 2.17. The van der Waals surface area contributed by atoms with Gasteiger partial charge in [-0.15, -0.1) is 0 Å². The number of hydrogen-bond acceptors (Lipinski definition) is 4. The van der Waals surface area contributed by atoms with Crippen molar-refractivity contribution in [2.75, 3.05) is 6.61 Å². The highest BCUT2D eigenvalue weighted by molar-refractivity contribution is 5.78. The molecule has 1 aromatic carbocycles. The summed E-state index contributed by atoms with van der Waals surface area (Å²) < 4.78 is 13.2. The summed E-state index contributed by atoms with van der Waals surface area (Å²) in [5, 5.41) is 19.4. The number of nitrogens with zero attached hydrogens (tertiary/aromatic N) is 1. The molecule has 0 aliphatic heterocycles. The lowest BCUT2D eigenvalue weighted by Gasteiger charge is -2.12. The zero-order valence-electron chi connectivity index (χ0n) is 9.93. The van der Waals surface area contributed by atoms with E-state index >= 15 is 0 Å². The van der Waals surface area contributed by atoms with Crippen molar-refractivity contribution in [2.24, 2.45) is 5.92 Å². The number of nitro benzene ring substituents is 1. The standard InChI is InChI=1S/C12H14FNO4/c1-8(16)10(2-3-15)4-9-5-11(13)7-12(6-9)14(17)18/h5-7,10,15H,2-4H2,1H3. The maximum atomic E-state index is 13.2. The first-order valence-electron chi connectivity index (χ1n) is 5.49. The van der Waals surface area contributed by atoms with Gasteiger partial charge in [0.1, 0.15) is 11.6 Å². The molecule has 0 saturated heterocycles. The molecule has 98 valence electrons. The van der Waals surface area contributed by atoms with E-state index < -0.39 is 16.7 Å². The van der Waals surface area contributed by atoms with Gasteiger partial charge in [-0.3, -0.25) is 14.9 Å². The van der Waals surface area contributed by atoms with Crippen LogP contribution in [-0.2, 0) is 11.2 Å². The van der Waals surface area contributed by atoms with E-state index in [2.05, 4.69) is 0 Å². The Morgan fingerprint density at radius 1 is 1.50 bits per heavy atom. The molecule has 1 N–H and O–H groups in total. The molecule has 0 aliphatic carbocycles. The van der Waals surface area contributed by atoms with Crippen molar-refractivity contribution in [3.63, 3.8) is 0 Å². The van der Waals surface area contributed by atoms with Gasteiger partial charge in [-0.2, -0.15) is 0 Å². The molecule has 5 nitrogen and oxygen atoms in total. The van der Waals surface area contributed by atoms with Crippen LogP contribution in [0, 0.1) is 21.8 Å². The van der Waals surface area contributed by atoms with Gasteiger partial charge >= 0.3 is 0 Å². The maximum absolute atomic E-state index is 13.2. The van der Waals surface area contributed by atoms with Crippen molar-refractivity contribution in [1.82, 2.24) is 0 Å². The van der Waals surface area contributed by atoms with Gasteiger partial charge in [0.25, 0.3) is 5.69 Å². The number of carbonyl (C=O) groups excluding carboxylic acids is 1. The van der Waals surface area contributed by atoms with E-state index in [9.17, 15) is 19.3 Å². The molecule has 1 unspecified atom stereocenters. The fourth-order valence-corrected chi connectivity index (χ4v) is 1.75. The number of carbonyl (C=O) groups is 1. The Labute approximate surface area is 103 Å². The van der Waals surface area contributed by atoms with Crippen LogP contribution in [0.2, 0.25) is 0 Å². The second-order valence-corrected chi connectivity index (χ2v) is 4.10. The fourth-order valence-electron chi connectivity index (χ4n) is 1.75. The molecule has 0 spiro atoms. The molecular formula is C12H14FNO4. The van der Waals surface area contributed by atoms with Crippen molar-refractivity contribution >= 4 is 11.5 Å². The average molecular weight is 255 g/mol. The Balaban J connectivity index is 2.95. The zero-order chi connectivity index (χ0) is 13.7. The maximum Gasteiger partial charge on any atom is 0.272 e. The lowest BCUT2D eigenvalue weighted by Crippen LogP contribution is -2.15. The Morgan fingerprint density at radius 2 is 2.17 bits per heavy atom. The summed E-state index contributed by atoms with van der Waals surface area (Å²) in [5.74, 6) is -1.28. The minimum atomic E-state index is -0.703. The summed E-state index contributed by atoms with van der Waals surface area (Å²) in [5.41, 5.74) is 0.0478. The summed E-state index contributed by atoms with van der Waals surface area (Å²) in [6, 6.07) is 3.25. The molecule has 18 heavy (non-hydrogen) atoms. The Bertz CT molecular complexity index is 461. The molecule has 0 saturated carbocycles. The number of rotatable bonds is 6. The van der Waals surface area contributed by atoms with Gasteiger partial charge in [0, 0.05) is 18.6 Å². The topological polar surface area (TPSA) is 80.4 Å². The third-order valence-corrected chi connectivity index (χ3v) is 2.69. The van der Waals surface area contributed by atoms with Gasteiger partial charge < -0.3 is 5.11 Å². The summed E-state index contributed by atoms with van der Waals surface area (Å²) in [6.45, 7) is 1.23. The van der Waals surface area contributed by atoms with E-state index in [-0.39, 0.29) is 30.9 Å². The first kappa shape index (κ1) is 14.2. The number of aliphatic hydroxyl groups excluding tert-OH is 1. The normalized spacial score (nSPS) is 12.2. The first-order valence-corrected chi connectivity index (χ1v) is 5.49. The molecule has 0 amide bonds. The number of Topliss-reactive ketones (excluding diaryl/α,β-unsaturated/α-hetero) is 1. The van der Waals surface area contributed by atoms with Crippen molar-refractivity contribution in [1.29, 1.82) is 0 Å². The number of nitro groups is 1. The Hall–Kier alpha value is -1.82. The molecule has 1 aromatic rings. The van der Waals surface area contributed by atoms with Gasteiger partial charge in [-0.05, 0) is 31.4 Å². The third-order valence-electron chi connectivity index (χ3n) is 2.69. The van der Waals surface area contributed by atoms with Crippen LogP contribution in [0.1, 0.15) is 18.9 Å². The van der Waals surface area contributed by atoms with Crippen molar-refractivity contribution in [2.45, 2.75) is 19.8 Å². The number of benzene rings is 1. The van der Waals surface area contributed by atoms with Crippen LogP contribution < -0.4 is 0 Å². The molecule has 0 heterocycles. The highest BCUT2D eigenvalue weighted by Crippen LogP contribution is 2.20. The van der Waals surface area contributed by atoms with Gasteiger partial charge in [-0.1, -0.05) is 0 Å². The number of non-ortho nitro benzene ring substituents is 1. The smallest absolute Gasteiger partial charge is 0.272 e. The predicted molar refractivity (Wildman–Crippen MR) is 62.6 cm³/mol. The van der Waals surface area contributed by atoms with Crippen LogP contribution >= 0.6 is 0 Å². The van der Waals surface area contributed by atoms with Crippen LogP contribution in [0.15, 0.2) is 18.2 Å². The monoisotopic (exact) mass is 255 g/mol. The molecule has 0 bridgehead atoms. The van der Waals surface area contributed by atoms with Crippen LogP contribution in [0.25, 0.3) is 0 Å². The molecule has 1 atom stereocenters. The fraction of sp³-hybridized carbons (Fsp3) is 0.417. The first-order chi connectivity index (χ1) is 8.43. The van der Waals surface area contributed by atoms with Crippen LogP contribution in [0.5, 0.6) is 0 Å². The molecular weight excluding hydrogens is 241 g/mol. The van der Waals surface area contributed by atoms with Gasteiger partial charge in [0.05, 0.1) is 11.0 Å². The minimum absolute atomic E-state index is 0.129. The lowest BCUT2D eigenvalue weighted by molar-refractivity contribution is -0.385. The second-order valence-electron chi connectivity index (χ2n) is 4.10. The summed E-state index contributed by atoms with van der Waals surface area (Å²) in [4.78, 5) is 21.2. The number of ketones is 1. The lowest BCUT2D eigenvalue weighted by atomic mass is 9.93. The summed E-state index contributed by atoms with van der Waals surface area (Å²) in [7, 11) is 0. The van der Waals surface area contributed by atoms with Gasteiger partial charge in [0.15, 0.2) is 0 Å². The van der Waals surface area contributed by atoms with E-state index in [0.29, 0.717) is 5.56 Å². The number of halogens is 1. The van der Waals surface area contributed by atoms with E-state index in [1.807, 2.05) is 0 Å². The second kappa shape index (κ2) is 6.20. The van der Waals surface area contributed by atoms with Crippen LogP contribution in [-0.4, -0.2) is 22.4 Å². The molecule has 1 rings (SSSR count). The Kier molecular flexibility index (Phi) is 4.91. The molecule has 0 aliphatic rings. The quantitative estimate of drug-likeness (QED) is 0.621. The largest absolute Gasteiger partial charge is 0.396 e. The highest BCUT2D eigenvalue weighted by atomic mass is 19.1. The van der Waals surface area contributed by atoms with Gasteiger partial charge in [-0.25, -0.2) is 4.39 Å². The zero-order valence-corrected chi connectivity index (χ0v) is 9.93. The molecule has 0 aromatic heterocycles. The van der Waals surface area contributed by atoms with Crippen molar-refractivity contribution in [3.8, 4) is 0 Å². The number of hydrogen-bond donors (Lipinski definition) is 1. The number of aliphatic hydroxyl groups is 1. The minimum Gasteiger partial charge on any atom is -0.396 e. The summed E-state index contributed by atoms with van der Waals surface area (Å²) in [6.07, 6.45) is 0.453. The van der Waals surface area contributed by atoms with E-state index in [1.165, 1.54) is 19.1 Å². The van der Waals surface area contributed by atoms with E-state index in [4.69, 9.17) is 5.11 Å². The molecule has 0 fully saturated rings. The van der Waals surface area contributed by atoms with Crippen molar-refractivity contribution in [3.05, 3.63) is 39.7 Å². The van der Waals surface area contributed by atoms with E-state index in [1.54, 1.807) is 0 Å². The van der Waals surface area contributed by atoms with Crippen LogP contribution in [0.3, 0.4) is 0 Å².